The van der Waals surface area contributed by atoms with Crippen molar-refractivity contribution >= 4 is 11.7 Å². The average molecular weight is 379 g/mol. The molecule has 27 heavy (non-hydrogen) atoms. The largest absolute Gasteiger partial charge is 0.351 e. The normalized spacial score (nSPS) is 19.6. The molecule has 0 saturated carbocycles. The number of carbonyl (C=O) groups excluding carboxylic acids is 1. The second-order valence-corrected chi connectivity index (χ2v) is 7.96. The third-order valence-electron chi connectivity index (χ3n) is 5.80. The van der Waals surface area contributed by atoms with Gasteiger partial charge < -0.3 is 5.32 Å². The maximum absolute atomic E-state index is 11.1. The van der Waals surface area contributed by atoms with Crippen LogP contribution in [-0.4, -0.2) is 48.9 Å². The molecule has 1 unspecified atom stereocenters. The van der Waals surface area contributed by atoms with E-state index in [-0.39, 0.29) is 5.91 Å². The quantitative estimate of drug-likeness (QED) is 0.223. The standard InChI is InChI=1S/C23H43N3O/c1-4-6-7-8-9-10-11-12-13-14-15-16-17-23-25-19-21-26(23,5-2)20-18-24-22(3)27/h13-14H,4-12,15-21H2,1-3H3/p+1/b14-13+. The molecule has 4 nitrogen and oxygen atoms in total. The minimum Gasteiger partial charge on any atom is -0.351 e. The number of quaternary nitrogens is 1. The molecule has 0 saturated heterocycles. The first-order chi connectivity index (χ1) is 13.1. The molecule has 0 aliphatic carbocycles. The fourth-order valence-electron chi connectivity index (χ4n) is 3.98. The third-order valence-corrected chi connectivity index (χ3v) is 5.80. The van der Waals surface area contributed by atoms with Gasteiger partial charge in [-0.05, 0) is 32.6 Å². The number of amides is 1. The number of unbranched alkanes of at least 4 members (excludes halogenated alkanes) is 8. The smallest absolute Gasteiger partial charge is 0.217 e. The molecule has 1 amide bonds. The van der Waals surface area contributed by atoms with Crippen molar-refractivity contribution in [2.75, 3.05) is 32.7 Å². The van der Waals surface area contributed by atoms with Gasteiger partial charge in [-0.3, -0.25) is 9.28 Å². The van der Waals surface area contributed by atoms with Crippen molar-refractivity contribution < 1.29 is 9.28 Å². The number of carbonyl (C=O) groups is 1. The molecule has 0 bridgehead atoms. The van der Waals surface area contributed by atoms with E-state index < -0.39 is 0 Å². The van der Waals surface area contributed by atoms with Crippen molar-refractivity contribution in [1.82, 2.24) is 5.32 Å². The summed E-state index contributed by atoms with van der Waals surface area (Å²) in [5.74, 6) is 1.41. The van der Waals surface area contributed by atoms with Gasteiger partial charge in [0.05, 0.1) is 19.6 Å². The molecule has 0 aromatic heterocycles. The van der Waals surface area contributed by atoms with E-state index in [0.717, 1.165) is 50.0 Å². The Balaban J connectivity index is 2.14. The van der Waals surface area contributed by atoms with Crippen molar-refractivity contribution in [2.24, 2.45) is 4.99 Å². The zero-order chi connectivity index (χ0) is 19.8. The highest BCUT2D eigenvalue weighted by molar-refractivity contribution is 5.77. The second-order valence-electron chi connectivity index (χ2n) is 7.96. The molecule has 0 aromatic carbocycles. The van der Waals surface area contributed by atoms with Gasteiger partial charge in [0.25, 0.3) is 0 Å². The highest BCUT2D eigenvalue weighted by Crippen LogP contribution is 2.19. The number of aliphatic imine (C=N–C) groups is 1. The summed E-state index contributed by atoms with van der Waals surface area (Å²) in [6.07, 6.45) is 19.1. The predicted octanol–water partition coefficient (Wildman–Crippen LogP) is 5.24. The van der Waals surface area contributed by atoms with E-state index in [4.69, 9.17) is 4.99 Å². The third kappa shape index (κ3) is 10.1. The van der Waals surface area contributed by atoms with Gasteiger partial charge in [-0.2, -0.15) is 0 Å². The maximum Gasteiger partial charge on any atom is 0.217 e. The number of nitrogens with zero attached hydrogens (tertiary/aromatic N) is 2. The van der Waals surface area contributed by atoms with Crippen LogP contribution in [0.3, 0.4) is 0 Å². The molecule has 0 fully saturated rings. The van der Waals surface area contributed by atoms with Crippen LogP contribution in [0.1, 0.15) is 91.4 Å². The van der Waals surface area contributed by atoms with Gasteiger partial charge in [-0.1, -0.05) is 57.6 Å². The Labute approximate surface area is 168 Å². The van der Waals surface area contributed by atoms with Gasteiger partial charge in [0.1, 0.15) is 13.1 Å². The number of likely N-dealkylation sites (N-methyl/N-ethyl adjacent to an activating group) is 1. The molecule has 1 heterocycles. The van der Waals surface area contributed by atoms with Crippen LogP contribution < -0.4 is 5.32 Å². The average Bonchev–Trinajstić information content (AvgIpc) is 3.05. The minimum atomic E-state index is 0.0630. The number of hydrogen-bond donors (Lipinski definition) is 1. The summed E-state index contributed by atoms with van der Waals surface area (Å²) in [7, 11) is 0. The predicted molar refractivity (Wildman–Crippen MR) is 117 cm³/mol. The lowest BCUT2D eigenvalue weighted by Gasteiger charge is -2.33. The van der Waals surface area contributed by atoms with Crippen LogP contribution >= 0.6 is 0 Å². The lowest BCUT2D eigenvalue weighted by atomic mass is 10.1. The van der Waals surface area contributed by atoms with Crippen molar-refractivity contribution in [3.8, 4) is 0 Å². The van der Waals surface area contributed by atoms with Gasteiger partial charge in [0.15, 0.2) is 5.84 Å². The Hall–Kier alpha value is -1.16. The highest BCUT2D eigenvalue weighted by atomic mass is 16.1. The first-order valence-electron chi connectivity index (χ1n) is 11.4. The second kappa shape index (κ2) is 14.8. The first-order valence-corrected chi connectivity index (χ1v) is 11.4. The topological polar surface area (TPSA) is 41.5 Å². The van der Waals surface area contributed by atoms with Crippen molar-refractivity contribution in [1.29, 1.82) is 0 Å². The van der Waals surface area contributed by atoms with Crippen LogP contribution in [0.2, 0.25) is 0 Å². The van der Waals surface area contributed by atoms with Crippen molar-refractivity contribution in [3.05, 3.63) is 12.2 Å². The number of nitrogens with one attached hydrogen (secondary N) is 1. The molecule has 1 rings (SSSR count). The highest BCUT2D eigenvalue weighted by Gasteiger charge is 2.35. The van der Waals surface area contributed by atoms with Crippen molar-refractivity contribution in [3.63, 3.8) is 0 Å². The Kier molecular flexibility index (Phi) is 13.1. The van der Waals surface area contributed by atoms with Gasteiger partial charge in [-0.15, -0.1) is 0 Å². The molecule has 1 aliphatic rings. The summed E-state index contributed by atoms with van der Waals surface area (Å²) in [6, 6.07) is 0. The number of allylic oxidation sites excluding steroid dienone is 2. The van der Waals surface area contributed by atoms with Crippen LogP contribution in [0.25, 0.3) is 0 Å². The van der Waals surface area contributed by atoms with E-state index in [1.165, 1.54) is 63.6 Å². The Bertz CT molecular complexity index is 459. The van der Waals surface area contributed by atoms with E-state index in [0.29, 0.717) is 0 Å². The van der Waals surface area contributed by atoms with Gasteiger partial charge >= 0.3 is 0 Å². The number of amidine groups is 1. The molecule has 156 valence electrons. The Morgan fingerprint density at radius 1 is 1.04 bits per heavy atom. The fraction of sp³-hybridized carbons (Fsp3) is 0.826. The summed E-state index contributed by atoms with van der Waals surface area (Å²) in [5.41, 5.74) is 0. The van der Waals surface area contributed by atoms with Gasteiger partial charge in [-0.25, -0.2) is 4.99 Å². The summed E-state index contributed by atoms with van der Waals surface area (Å²) in [5, 5.41) is 2.95. The molecular weight excluding hydrogens is 334 g/mol. The Morgan fingerprint density at radius 3 is 2.37 bits per heavy atom. The molecule has 1 atom stereocenters. The lowest BCUT2D eigenvalue weighted by molar-refractivity contribution is -0.833. The lowest BCUT2D eigenvalue weighted by Crippen LogP contribution is -2.54. The van der Waals surface area contributed by atoms with E-state index in [2.05, 4.69) is 31.3 Å². The monoisotopic (exact) mass is 378 g/mol. The molecule has 0 radical (unpaired) electrons. The van der Waals surface area contributed by atoms with Crippen LogP contribution in [0.15, 0.2) is 17.1 Å². The summed E-state index contributed by atoms with van der Waals surface area (Å²) >= 11 is 0. The summed E-state index contributed by atoms with van der Waals surface area (Å²) < 4.78 is 0.974. The SMILES string of the molecule is CCCCCCCCC/C=C/CCCC1=NCC[N+]1(CC)CCNC(C)=O. The number of rotatable bonds is 16. The molecule has 0 spiro atoms. The Morgan fingerprint density at radius 2 is 1.70 bits per heavy atom. The van der Waals surface area contributed by atoms with Crippen molar-refractivity contribution in [2.45, 2.75) is 91.4 Å². The minimum absolute atomic E-state index is 0.0630. The van der Waals surface area contributed by atoms with Crippen LogP contribution in [0, 0.1) is 0 Å². The fourth-order valence-corrected chi connectivity index (χ4v) is 3.98. The molecule has 0 aromatic rings. The van der Waals surface area contributed by atoms with Gasteiger partial charge in [0.2, 0.25) is 5.91 Å². The zero-order valence-electron chi connectivity index (χ0n) is 18.3. The maximum atomic E-state index is 11.1. The van der Waals surface area contributed by atoms with Crippen LogP contribution in [0.5, 0.6) is 0 Å². The summed E-state index contributed by atoms with van der Waals surface area (Å²) in [4.78, 5) is 15.9. The van der Waals surface area contributed by atoms with Crippen LogP contribution in [-0.2, 0) is 4.79 Å². The van der Waals surface area contributed by atoms with E-state index >= 15 is 0 Å². The summed E-state index contributed by atoms with van der Waals surface area (Å²) in [6.45, 7) is 11.0. The zero-order valence-corrected chi connectivity index (χ0v) is 18.3. The van der Waals surface area contributed by atoms with E-state index in [1.807, 2.05) is 0 Å². The van der Waals surface area contributed by atoms with Gasteiger partial charge in [0, 0.05) is 13.3 Å². The number of hydrogen-bond acceptors (Lipinski definition) is 2. The molecule has 1 N–H and O–H groups in total. The first kappa shape index (κ1) is 23.9. The molecule has 4 heteroatoms. The molecular formula is C23H44N3O+. The van der Waals surface area contributed by atoms with E-state index in [9.17, 15) is 4.79 Å². The van der Waals surface area contributed by atoms with E-state index in [1.54, 1.807) is 6.92 Å². The molecule has 1 aliphatic heterocycles. The van der Waals surface area contributed by atoms with Crippen LogP contribution in [0.4, 0.5) is 0 Å².